The van der Waals surface area contributed by atoms with E-state index in [1.165, 1.54) is 0 Å². The van der Waals surface area contributed by atoms with Gasteiger partial charge in [0.25, 0.3) is 5.91 Å². The lowest BCUT2D eigenvalue weighted by molar-refractivity contribution is 0.0682. The molecule has 3 aromatic rings. The third-order valence-corrected chi connectivity index (χ3v) is 6.04. The number of fused-ring (bicyclic) bond motifs is 2. The van der Waals surface area contributed by atoms with Gasteiger partial charge in [0, 0.05) is 51.1 Å². The molecular formula is C23H24N4O3. The number of phenols is 1. The molecule has 2 aliphatic rings. The fraction of sp³-hybridized carbons (Fsp3) is 0.304. The number of aromatic hydroxyl groups is 1. The van der Waals surface area contributed by atoms with Gasteiger partial charge in [-0.05, 0) is 23.8 Å². The highest BCUT2D eigenvalue weighted by Gasteiger charge is 2.42. The molecule has 0 saturated carbocycles. The number of likely N-dealkylation sites (N-methyl/N-ethyl adjacent to an activating group) is 1. The number of phenolic OH excluding ortho intramolecular Hbond substituents is 1. The van der Waals surface area contributed by atoms with Crippen LogP contribution in [-0.4, -0.2) is 62.9 Å². The number of aryl methyl sites for hydroxylation is 1. The van der Waals surface area contributed by atoms with Crippen LogP contribution in [0, 0.1) is 0 Å². The molecule has 0 bridgehead atoms. The summed E-state index contributed by atoms with van der Waals surface area (Å²) < 4.78 is 8.15. The lowest BCUT2D eigenvalue weighted by Gasteiger charge is -2.25. The summed E-state index contributed by atoms with van der Waals surface area (Å²) in [6, 6.07) is 13.0. The molecular weight excluding hydrogens is 380 g/mol. The van der Waals surface area contributed by atoms with Gasteiger partial charge in [-0.15, -0.1) is 0 Å². The van der Waals surface area contributed by atoms with E-state index in [-0.39, 0.29) is 18.1 Å². The number of amides is 1. The first kappa shape index (κ1) is 18.7. The topological polar surface area (TPSA) is 70.8 Å². The maximum absolute atomic E-state index is 13.1. The molecule has 0 spiro atoms. The van der Waals surface area contributed by atoms with Crippen LogP contribution >= 0.6 is 0 Å². The van der Waals surface area contributed by atoms with Crippen LogP contribution < -0.4 is 4.74 Å². The van der Waals surface area contributed by atoms with E-state index in [2.05, 4.69) is 10.00 Å². The van der Waals surface area contributed by atoms with Gasteiger partial charge in [0.15, 0.2) is 0 Å². The number of carbonyl (C=O) groups is 1. The fourth-order valence-corrected chi connectivity index (χ4v) is 4.39. The Morgan fingerprint density at radius 1 is 1.13 bits per heavy atom. The van der Waals surface area contributed by atoms with Gasteiger partial charge in [0.2, 0.25) is 0 Å². The molecule has 7 heteroatoms. The minimum Gasteiger partial charge on any atom is -0.508 e. The van der Waals surface area contributed by atoms with Gasteiger partial charge in [0.1, 0.15) is 17.6 Å². The number of ether oxygens (including phenoxy) is 1. The third kappa shape index (κ3) is 3.21. The lowest BCUT2D eigenvalue weighted by Crippen LogP contribution is -2.44. The van der Waals surface area contributed by atoms with E-state index in [0.717, 1.165) is 16.7 Å². The van der Waals surface area contributed by atoms with E-state index in [4.69, 9.17) is 4.74 Å². The van der Waals surface area contributed by atoms with Gasteiger partial charge in [-0.1, -0.05) is 24.3 Å². The molecule has 0 unspecified atom stereocenters. The summed E-state index contributed by atoms with van der Waals surface area (Å²) in [4.78, 5) is 17.1. The SMILES string of the molecule is CN1C(=O)c2ccc(-c3cnn(C)c3)cc2O[C@H]2CN(Cc3ccccc3O)C[C@H]21. The molecule has 1 aromatic heterocycles. The monoisotopic (exact) mass is 404 g/mol. The quantitative estimate of drug-likeness (QED) is 0.726. The zero-order valence-corrected chi connectivity index (χ0v) is 17.0. The minimum atomic E-state index is -0.129. The van der Waals surface area contributed by atoms with E-state index < -0.39 is 0 Å². The van der Waals surface area contributed by atoms with Crippen molar-refractivity contribution in [1.82, 2.24) is 19.6 Å². The summed E-state index contributed by atoms with van der Waals surface area (Å²) >= 11 is 0. The highest BCUT2D eigenvalue weighted by Crippen LogP contribution is 2.34. The fourth-order valence-electron chi connectivity index (χ4n) is 4.39. The van der Waals surface area contributed by atoms with Gasteiger partial charge in [0.05, 0.1) is 17.8 Å². The van der Waals surface area contributed by atoms with E-state index in [1.54, 1.807) is 21.8 Å². The first-order valence-electron chi connectivity index (χ1n) is 10.1. The molecule has 1 amide bonds. The Morgan fingerprint density at radius 2 is 1.97 bits per heavy atom. The van der Waals surface area contributed by atoms with Crippen molar-refractivity contribution in [3.63, 3.8) is 0 Å². The third-order valence-electron chi connectivity index (χ3n) is 6.04. The van der Waals surface area contributed by atoms with E-state index in [9.17, 15) is 9.90 Å². The van der Waals surface area contributed by atoms with Crippen molar-refractivity contribution >= 4 is 5.91 Å². The van der Waals surface area contributed by atoms with Crippen LogP contribution in [0.25, 0.3) is 11.1 Å². The van der Waals surface area contributed by atoms with Crippen molar-refractivity contribution in [3.05, 3.63) is 66.0 Å². The van der Waals surface area contributed by atoms with Crippen molar-refractivity contribution in [2.75, 3.05) is 20.1 Å². The standard InChI is InChI=1S/C23H24N4O3/c1-25-11-17(10-24-25)15-7-8-18-21(9-15)30-22-14-27(13-19(22)26(2)23(18)29)12-16-5-3-4-6-20(16)28/h3-11,19,22,28H,12-14H2,1-2H3/t19-,22+/m1/s1. The molecule has 2 atom stereocenters. The molecule has 0 radical (unpaired) electrons. The van der Waals surface area contributed by atoms with E-state index in [1.807, 2.05) is 56.7 Å². The Labute approximate surface area is 175 Å². The van der Waals surface area contributed by atoms with Crippen molar-refractivity contribution in [3.8, 4) is 22.6 Å². The Morgan fingerprint density at radius 3 is 2.73 bits per heavy atom. The molecule has 1 saturated heterocycles. The molecule has 7 nitrogen and oxygen atoms in total. The molecule has 3 heterocycles. The van der Waals surface area contributed by atoms with Gasteiger partial charge in [-0.25, -0.2) is 0 Å². The summed E-state index contributed by atoms with van der Waals surface area (Å²) in [5, 5.41) is 14.3. The average Bonchev–Trinajstić information content (AvgIpc) is 3.32. The molecule has 2 aromatic carbocycles. The number of aromatic nitrogens is 2. The number of para-hydroxylation sites is 1. The minimum absolute atomic E-state index is 0.0281. The van der Waals surface area contributed by atoms with Crippen molar-refractivity contribution in [2.45, 2.75) is 18.7 Å². The van der Waals surface area contributed by atoms with Gasteiger partial charge < -0.3 is 14.7 Å². The van der Waals surface area contributed by atoms with Crippen LogP contribution in [0.15, 0.2) is 54.9 Å². The highest BCUT2D eigenvalue weighted by molar-refractivity contribution is 5.98. The average molecular weight is 404 g/mol. The first-order chi connectivity index (χ1) is 14.5. The summed E-state index contributed by atoms with van der Waals surface area (Å²) in [5.41, 5.74) is 3.42. The number of benzene rings is 2. The number of hydrogen-bond donors (Lipinski definition) is 1. The lowest BCUT2D eigenvalue weighted by atomic mass is 10.1. The Bertz CT molecular complexity index is 1110. The van der Waals surface area contributed by atoms with E-state index in [0.29, 0.717) is 36.7 Å². The summed E-state index contributed by atoms with van der Waals surface area (Å²) in [7, 11) is 3.72. The number of nitrogens with zero attached hydrogens (tertiary/aromatic N) is 4. The maximum Gasteiger partial charge on any atom is 0.257 e. The number of carbonyl (C=O) groups excluding carboxylic acids is 1. The predicted octanol–water partition coefficient (Wildman–Crippen LogP) is 2.51. The Kier molecular flexibility index (Phi) is 4.47. The van der Waals surface area contributed by atoms with Crippen LogP contribution in [-0.2, 0) is 13.6 Å². The van der Waals surface area contributed by atoms with Crippen LogP contribution in [0.5, 0.6) is 11.5 Å². The Hall–Kier alpha value is -3.32. The molecule has 1 N–H and O–H groups in total. The van der Waals surface area contributed by atoms with Crippen molar-refractivity contribution in [2.24, 2.45) is 7.05 Å². The smallest absolute Gasteiger partial charge is 0.257 e. The zero-order chi connectivity index (χ0) is 20.8. The zero-order valence-electron chi connectivity index (χ0n) is 17.0. The predicted molar refractivity (Wildman–Crippen MR) is 112 cm³/mol. The second-order valence-corrected chi connectivity index (χ2v) is 8.08. The van der Waals surface area contributed by atoms with Crippen LogP contribution in [0.4, 0.5) is 0 Å². The van der Waals surface area contributed by atoms with E-state index >= 15 is 0 Å². The van der Waals surface area contributed by atoms with Gasteiger partial charge in [-0.2, -0.15) is 5.10 Å². The number of likely N-dealkylation sites (tertiary alicyclic amines) is 1. The number of rotatable bonds is 3. The van der Waals surface area contributed by atoms with Gasteiger partial charge in [-0.3, -0.25) is 14.4 Å². The first-order valence-corrected chi connectivity index (χ1v) is 10.1. The Balaban J connectivity index is 1.42. The summed E-state index contributed by atoms with van der Waals surface area (Å²) in [6.07, 6.45) is 3.62. The molecule has 154 valence electrons. The van der Waals surface area contributed by atoms with Crippen LogP contribution in [0.1, 0.15) is 15.9 Å². The van der Waals surface area contributed by atoms with Crippen LogP contribution in [0.2, 0.25) is 0 Å². The molecule has 2 aliphatic heterocycles. The summed E-state index contributed by atoms with van der Waals surface area (Å²) in [5.74, 6) is 0.881. The molecule has 0 aliphatic carbocycles. The van der Waals surface area contributed by atoms with Crippen LogP contribution in [0.3, 0.4) is 0 Å². The highest BCUT2D eigenvalue weighted by atomic mass is 16.5. The second-order valence-electron chi connectivity index (χ2n) is 8.08. The molecule has 1 fully saturated rings. The number of hydrogen-bond acceptors (Lipinski definition) is 5. The van der Waals surface area contributed by atoms with Crippen molar-refractivity contribution in [1.29, 1.82) is 0 Å². The molecule has 5 rings (SSSR count). The summed E-state index contributed by atoms with van der Waals surface area (Å²) in [6.45, 7) is 2.01. The normalized spacial score (nSPS) is 21.1. The molecule has 30 heavy (non-hydrogen) atoms. The maximum atomic E-state index is 13.1. The van der Waals surface area contributed by atoms with Crippen molar-refractivity contribution < 1.29 is 14.6 Å². The van der Waals surface area contributed by atoms with Gasteiger partial charge >= 0.3 is 0 Å². The second kappa shape index (κ2) is 7.18. The largest absolute Gasteiger partial charge is 0.508 e.